The molecule has 4 fully saturated rings. The predicted octanol–water partition coefficient (Wildman–Crippen LogP) is 1.76. The van der Waals surface area contributed by atoms with Crippen LogP contribution < -0.4 is 16.0 Å². The first-order chi connectivity index (χ1) is 14.8. The monoisotopic (exact) mass is 452 g/mol. The van der Waals surface area contributed by atoms with Crippen molar-refractivity contribution in [2.75, 3.05) is 13.1 Å². The maximum atomic E-state index is 13.0. The van der Waals surface area contributed by atoms with Crippen molar-refractivity contribution in [3.8, 4) is 0 Å². The molecule has 0 aromatic heterocycles. The van der Waals surface area contributed by atoms with E-state index in [4.69, 9.17) is 11.6 Å². The summed E-state index contributed by atoms with van der Waals surface area (Å²) in [4.78, 5) is 50.7. The van der Waals surface area contributed by atoms with Gasteiger partial charge in [-0.25, -0.2) is 4.79 Å². The lowest BCUT2D eigenvalue weighted by atomic mass is 9.75. The van der Waals surface area contributed by atoms with Crippen molar-refractivity contribution >= 4 is 35.4 Å². The van der Waals surface area contributed by atoms with E-state index in [1.807, 2.05) is 0 Å². The lowest BCUT2D eigenvalue weighted by Crippen LogP contribution is -2.53. The van der Waals surface area contributed by atoms with Gasteiger partial charge in [-0.1, -0.05) is 6.92 Å². The number of carbonyl (C=O) groups excluding carboxylic acids is 4. The van der Waals surface area contributed by atoms with Crippen molar-refractivity contribution < 1.29 is 19.2 Å². The Balaban J connectivity index is 1.26. The molecule has 7 unspecified atom stereocenters. The van der Waals surface area contributed by atoms with Crippen molar-refractivity contribution in [1.82, 2.24) is 20.9 Å². The zero-order valence-electron chi connectivity index (χ0n) is 18.1. The average molecular weight is 453 g/mol. The molecule has 2 heterocycles. The molecule has 4 rings (SSSR count). The highest BCUT2D eigenvalue weighted by atomic mass is 35.5. The van der Waals surface area contributed by atoms with E-state index in [0.29, 0.717) is 19.5 Å². The zero-order valence-corrected chi connectivity index (χ0v) is 18.8. The number of imide groups is 1. The van der Waals surface area contributed by atoms with E-state index in [9.17, 15) is 19.2 Å². The smallest absolute Gasteiger partial charge is 0.315 e. The molecule has 0 radical (unpaired) electrons. The number of carbonyl (C=O) groups is 4. The Morgan fingerprint density at radius 3 is 2.74 bits per heavy atom. The number of halogens is 1. The van der Waals surface area contributed by atoms with Gasteiger partial charge in [0.1, 0.15) is 6.04 Å². The summed E-state index contributed by atoms with van der Waals surface area (Å²) in [6, 6.07) is -0.584. The van der Waals surface area contributed by atoms with Crippen LogP contribution in [0.5, 0.6) is 0 Å². The Bertz CT molecular complexity index is 747. The highest BCUT2D eigenvalue weighted by Crippen LogP contribution is 2.41. The Morgan fingerprint density at radius 1 is 1.16 bits per heavy atom. The first-order valence-corrected chi connectivity index (χ1v) is 12.1. The molecule has 0 spiro atoms. The van der Waals surface area contributed by atoms with E-state index in [2.05, 4.69) is 22.9 Å². The van der Waals surface area contributed by atoms with Crippen molar-refractivity contribution in [3.05, 3.63) is 0 Å². The molecule has 172 valence electrons. The van der Waals surface area contributed by atoms with Gasteiger partial charge in [-0.2, -0.15) is 0 Å². The average Bonchev–Trinajstić information content (AvgIpc) is 3.06. The Kier molecular flexibility index (Phi) is 6.74. The van der Waals surface area contributed by atoms with Crippen LogP contribution in [-0.4, -0.2) is 59.2 Å². The standard InChI is InChI=1S/C22H33ClN4O4/c1-12-16(23)3-2-4-17(12)25-22(31)24-10-13-5-6-14-11-27(21(30)15(14)9-13)18-7-8-19(28)26-20(18)29/h12-18H,2-11H2,1H3,(H2,24,25,31)(H,26,28,29). The lowest BCUT2D eigenvalue weighted by Gasteiger charge is -2.34. The minimum atomic E-state index is -0.526. The van der Waals surface area contributed by atoms with E-state index in [1.54, 1.807) is 4.90 Å². The Hall–Kier alpha value is -1.83. The SMILES string of the molecule is CC1C(Cl)CCCC1NC(=O)NCC1CCC2CN(C3CCC(=O)NC3=O)C(=O)C2C1. The Labute approximate surface area is 188 Å². The van der Waals surface area contributed by atoms with Gasteiger partial charge in [0.05, 0.1) is 0 Å². The van der Waals surface area contributed by atoms with Gasteiger partial charge in [0.25, 0.3) is 0 Å². The molecule has 2 aliphatic heterocycles. The van der Waals surface area contributed by atoms with E-state index in [-0.39, 0.29) is 65.3 Å². The first kappa shape index (κ1) is 22.4. The van der Waals surface area contributed by atoms with Crippen LogP contribution in [-0.2, 0) is 14.4 Å². The molecule has 31 heavy (non-hydrogen) atoms. The predicted molar refractivity (Wildman–Crippen MR) is 115 cm³/mol. The minimum absolute atomic E-state index is 0.0258. The third kappa shape index (κ3) is 4.83. The highest BCUT2D eigenvalue weighted by Gasteiger charge is 2.48. The van der Waals surface area contributed by atoms with Crippen LogP contribution in [0.1, 0.15) is 58.3 Å². The topological polar surface area (TPSA) is 108 Å². The van der Waals surface area contributed by atoms with E-state index >= 15 is 0 Å². The van der Waals surface area contributed by atoms with Crippen molar-refractivity contribution in [2.45, 2.75) is 75.8 Å². The third-order valence-electron chi connectivity index (χ3n) is 7.79. The second-order valence-corrected chi connectivity index (χ2v) is 10.3. The summed E-state index contributed by atoms with van der Waals surface area (Å²) in [5, 5.41) is 8.53. The number of urea groups is 1. The van der Waals surface area contributed by atoms with Crippen LogP contribution in [0.2, 0.25) is 0 Å². The molecule has 8 nitrogen and oxygen atoms in total. The molecule has 3 N–H and O–H groups in total. The minimum Gasteiger partial charge on any atom is -0.338 e. The number of nitrogens with one attached hydrogen (secondary N) is 3. The van der Waals surface area contributed by atoms with E-state index < -0.39 is 6.04 Å². The van der Waals surface area contributed by atoms with Gasteiger partial charge in [-0.15, -0.1) is 11.6 Å². The second kappa shape index (κ2) is 9.35. The van der Waals surface area contributed by atoms with Crippen LogP contribution in [0.15, 0.2) is 0 Å². The summed E-state index contributed by atoms with van der Waals surface area (Å²) in [5.41, 5.74) is 0. The molecule has 2 saturated heterocycles. The van der Waals surface area contributed by atoms with Crippen molar-refractivity contribution in [1.29, 1.82) is 0 Å². The van der Waals surface area contributed by atoms with Gasteiger partial charge < -0.3 is 15.5 Å². The van der Waals surface area contributed by atoms with Crippen LogP contribution in [0, 0.1) is 23.7 Å². The number of amides is 5. The van der Waals surface area contributed by atoms with Crippen molar-refractivity contribution in [2.24, 2.45) is 23.7 Å². The molecule has 0 bridgehead atoms. The van der Waals surface area contributed by atoms with E-state index in [0.717, 1.165) is 38.5 Å². The quantitative estimate of drug-likeness (QED) is 0.446. The van der Waals surface area contributed by atoms with Gasteiger partial charge in [-0.05, 0) is 62.7 Å². The number of alkyl halides is 1. The molecular formula is C22H33ClN4O4. The highest BCUT2D eigenvalue weighted by molar-refractivity contribution is 6.20. The number of piperidine rings is 1. The molecule has 0 aromatic rings. The van der Waals surface area contributed by atoms with Gasteiger partial charge in [-0.3, -0.25) is 19.7 Å². The molecular weight excluding hydrogens is 420 g/mol. The number of rotatable bonds is 4. The number of hydrogen-bond donors (Lipinski definition) is 3. The fourth-order valence-corrected chi connectivity index (χ4v) is 6.14. The number of hydrogen-bond acceptors (Lipinski definition) is 4. The van der Waals surface area contributed by atoms with Gasteiger partial charge in [0, 0.05) is 36.8 Å². The van der Waals surface area contributed by atoms with Crippen LogP contribution in [0.25, 0.3) is 0 Å². The maximum Gasteiger partial charge on any atom is 0.315 e. The second-order valence-electron chi connectivity index (χ2n) is 9.77. The number of fused-ring (bicyclic) bond motifs is 1. The van der Waals surface area contributed by atoms with Crippen LogP contribution in [0.4, 0.5) is 4.79 Å². The summed E-state index contributed by atoms with van der Waals surface area (Å²) in [6.07, 6.45) is 6.28. The molecule has 9 heteroatoms. The third-order valence-corrected chi connectivity index (χ3v) is 8.40. The molecule has 2 aliphatic carbocycles. The van der Waals surface area contributed by atoms with Crippen LogP contribution in [0.3, 0.4) is 0 Å². The fourth-order valence-electron chi connectivity index (χ4n) is 5.81. The van der Waals surface area contributed by atoms with E-state index in [1.165, 1.54) is 0 Å². The van der Waals surface area contributed by atoms with Gasteiger partial charge >= 0.3 is 6.03 Å². The maximum absolute atomic E-state index is 13.0. The summed E-state index contributed by atoms with van der Waals surface area (Å²) in [5.74, 6) is 0.0790. The zero-order chi connectivity index (χ0) is 22.1. The van der Waals surface area contributed by atoms with Crippen LogP contribution >= 0.6 is 11.6 Å². The van der Waals surface area contributed by atoms with Gasteiger partial charge in [0.2, 0.25) is 17.7 Å². The summed E-state index contributed by atoms with van der Waals surface area (Å²) in [6.45, 7) is 3.23. The largest absolute Gasteiger partial charge is 0.338 e. The van der Waals surface area contributed by atoms with Gasteiger partial charge in [0.15, 0.2) is 0 Å². The summed E-state index contributed by atoms with van der Waals surface area (Å²) in [7, 11) is 0. The lowest BCUT2D eigenvalue weighted by molar-refractivity contribution is -0.144. The molecule has 7 atom stereocenters. The number of nitrogens with zero attached hydrogens (tertiary/aromatic N) is 1. The normalized spacial score (nSPS) is 38.5. The first-order valence-electron chi connectivity index (χ1n) is 11.7. The van der Waals surface area contributed by atoms with Crippen molar-refractivity contribution in [3.63, 3.8) is 0 Å². The molecule has 5 amide bonds. The Morgan fingerprint density at radius 2 is 1.97 bits per heavy atom. The number of likely N-dealkylation sites (tertiary alicyclic amines) is 1. The molecule has 2 saturated carbocycles. The molecule has 4 aliphatic rings. The summed E-state index contributed by atoms with van der Waals surface area (Å²) >= 11 is 6.34. The summed E-state index contributed by atoms with van der Waals surface area (Å²) < 4.78 is 0. The fraction of sp³-hybridized carbons (Fsp3) is 0.818. The molecule has 0 aromatic carbocycles.